The van der Waals surface area contributed by atoms with Gasteiger partial charge in [0.05, 0.1) is 0 Å². The molecule has 0 aromatic heterocycles. The van der Waals surface area contributed by atoms with Gasteiger partial charge < -0.3 is 40.5 Å². The number of phenolic OH excluding ortho intramolecular Hbond substituents is 2. The molecule has 0 aliphatic heterocycles. The third-order valence-corrected chi connectivity index (χ3v) is 6.90. The second kappa shape index (κ2) is 15.6. The van der Waals surface area contributed by atoms with E-state index in [0.29, 0.717) is 11.1 Å². The molecule has 0 saturated heterocycles. The van der Waals surface area contributed by atoms with Crippen LogP contribution in [0.5, 0.6) is 11.5 Å². The Balaban J connectivity index is 1.45. The monoisotopic (exact) mass is 628 g/mol. The number of hydrogen-bond acceptors (Lipinski definition) is 8. The number of phenols is 2. The lowest BCUT2D eigenvalue weighted by Gasteiger charge is -2.17. The van der Waals surface area contributed by atoms with E-state index in [1.54, 1.807) is 48.5 Å². The fourth-order valence-electron chi connectivity index (χ4n) is 4.54. The largest absolute Gasteiger partial charge is 0.507 e. The van der Waals surface area contributed by atoms with Crippen LogP contribution >= 0.6 is 0 Å². The van der Waals surface area contributed by atoms with E-state index in [1.807, 2.05) is 12.1 Å². The van der Waals surface area contributed by atoms with Crippen molar-refractivity contribution in [2.75, 3.05) is 0 Å². The topological polar surface area (TPSA) is 192 Å². The minimum Gasteiger partial charge on any atom is -0.507 e. The number of carbonyl (C=O) groups is 4. The predicted octanol–water partition coefficient (Wildman–Crippen LogP) is 4.61. The maximum absolute atomic E-state index is 12.3. The molecule has 0 aliphatic rings. The van der Waals surface area contributed by atoms with Crippen LogP contribution in [-0.2, 0) is 45.1 Å². The van der Waals surface area contributed by atoms with Crippen LogP contribution in [0, 0.1) is 0 Å². The van der Waals surface area contributed by atoms with Crippen molar-refractivity contribution in [3.8, 4) is 22.6 Å². The SMILES string of the molecule is O=C(NC(Cc1ccc(O)c(-c2cc(CC(NC(=O)OCc3ccccc3)C(=O)O)ccc2O)c1)C(=O)O)OCc1ccccc1. The summed E-state index contributed by atoms with van der Waals surface area (Å²) < 4.78 is 10.3. The fourth-order valence-corrected chi connectivity index (χ4v) is 4.54. The maximum Gasteiger partial charge on any atom is 0.408 e. The van der Waals surface area contributed by atoms with E-state index >= 15 is 0 Å². The molecule has 46 heavy (non-hydrogen) atoms. The van der Waals surface area contributed by atoms with Crippen molar-refractivity contribution in [3.63, 3.8) is 0 Å². The van der Waals surface area contributed by atoms with E-state index < -0.39 is 36.2 Å². The van der Waals surface area contributed by atoms with Crippen molar-refractivity contribution in [2.45, 2.75) is 38.1 Å². The van der Waals surface area contributed by atoms with Crippen molar-refractivity contribution in [1.82, 2.24) is 10.6 Å². The van der Waals surface area contributed by atoms with Gasteiger partial charge in [-0.1, -0.05) is 72.8 Å². The van der Waals surface area contributed by atoms with Crippen LogP contribution in [0.1, 0.15) is 22.3 Å². The first-order valence-corrected chi connectivity index (χ1v) is 14.1. The van der Waals surface area contributed by atoms with Gasteiger partial charge in [-0.15, -0.1) is 0 Å². The molecule has 0 fully saturated rings. The molecule has 238 valence electrons. The lowest BCUT2D eigenvalue weighted by molar-refractivity contribution is -0.140. The Kier molecular flexibility index (Phi) is 11.2. The minimum absolute atomic E-state index is 0.0505. The molecule has 6 N–H and O–H groups in total. The average molecular weight is 629 g/mol. The van der Waals surface area contributed by atoms with Crippen molar-refractivity contribution >= 4 is 24.1 Å². The van der Waals surface area contributed by atoms with Crippen LogP contribution in [0.15, 0.2) is 97.1 Å². The fraction of sp³-hybridized carbons (Fsp3) is 0.176. The summed E-state index contributed by atoms with van der Waals surface area (Å²) >= 11 is 0. The predicted molar refractivity (Wildman–Crippen MR) is 165 cm³/mol. The Bertz CT molecular complexity index is 1550. The zero-order valence-corrected chi connectivity index (χ0v) is 24.5. The molecule has 2 amide bonds. The number of carbonyl (C=O) groups excluding carboxylic acids is 2. The Morgan fingerprint density at radius 1 is 0.543 bits per heavy atom. The van der Waals surface area contributed by atoms with Crippen LogP contribution in [0.4, 0.5) is 9.59 Å². The molecule has 4 rings (SSSR count). The van der Waals surface area contributed by atoms with Gasteiger partial charge in [0.15, 0.2) is 0 Å². The van der Waals surface area contributed by atoms with Gasteiger partial charge in [0, 0.05) is 24.0 Å². The van der Waals surface area contributed by atoms with Crippen molar-refractivity contribution in [3.05, 3.63) is 119 Å². The summed E-state index contributed by atoms with van der Waals surface area (Å²) in [5.41, 5.74) is 2.52. The molecule has 0 saturated carbocycles. The Morgan fingerprint density at radius 3 is 1.26 bits per heavy atom. The highest BCUT2D eigenvalue weighted by Gasteiger charge is 2.24. The number of ether oxygens (including phenoxy) is 2. The van der Waals surface area contributed by atoms with E-state index in [-0.39, 0.29) is 48.7 Å². The molecule has 2 unspecified atom stereocenters. The van der Waals surface area contributed by atoms with Crippen LogP contribution in [0.25, 0.3) is 11.1 Å². The number of aliphatic carboxylic acids is 2. The number of aromatic hydroxyl groups is 2. The van der Waals surface area contributed by atoms with Crippen molar-refractivity contribution in [1.29, 1.82) is 0 Å². The number of nitrogens with one attached hydrogen (secondary N) is 2. The summed E-state index contributed by atoms with van der Waals surface area (Å²) in [5.74, 6) is -3.11. The molecule has 0 heterocycles. The quantitative estimate of drug-likeness (QED) is 0.122. The molecular formula is C34H32N2O10. The zero-order valence-electron chi connectivity index (χ0n) is 24.5. The second-order valence-electron chi connectivity index (χ2n) is 10.3. The van der Waals surface area contributed by atoms with Crippen LogP contribution < -0.4 is 10.6 Å². The summed E-state index contributed by atoms with van der Waals surface area (Å²) in [6.07, 6.45) is -2.21. The van der Waals surface area contributed by atoms with Gasteiger partial charge in [-0.25, -0.2) is 19.2 Å². The summed E-state index contributed by atoms with van der Waals surface area (Å²) in [5, 5.41) is 45.4. The molecule has 4 aromatic carbocycles. The smallest absolute Gasteiger partial charge is 0.408 e. The molecular weight excluding hydrogens is 596 g/mol. The van der Waals surface area contributed by atoms with E-state index in [2.05, 4.69) is 10.6 Å². The summed E-state index contributed by atoms with van der Waals surface area (Å²) in [4.78, 5) is 48.5. The first-order valence-electron chi connectivity index (χ1n) is 14.1. The second-order valence-corrected chi connectivity index (χ2v) is 10.3. The average Bonchev–Trinajstić information content (AvgIpc) is 3.05. The zero-order chi connectivity index (χ0) is 33.1. The minimum atomic E-state index is -1.37. The van der Waals surface area contributed by atoms with Crippen LogP contribution in [0.2, 0.25) is 0 Å². The van der Waals surface area contributed by atoms with Gasteiger partial charge in [-0.3, -0.25) is 0 Å². The lowest BCUT2D eigenvalue weighted by atomic mass is 9.95. The highest BCUT2D eigenvalue weighted by Crippen LogP contribution is 2.37. The molecule has 12 nitrogen and oxygen atoms in total. The number of amides is 2. The molecule has 12 heteroatoms. The van der Waals surface area contributed by atoms with Crippen molar-refractivity contribution in [2.24, 2.45) is 0 Å². The normalized spacial score (nSPS) is 11.9. The highest BCUT2D eigenvalue weighted by molar-refractivity contribution is 5.82. The van der Waals surface area contributed by atoms with Gasteiger partial charge in [0.2, 0.25) is 0 Å². The summed E-state index contributed by atoms with van der Waals surface area (Å²) in [6.45, 7) is -0.101. The molecule has 0 spiro atoms. The van der Waals surface area contributed by atoms with Crippen LogP contribution in [-0.4, -0.2) is 56.6 Å². The Hall–Kier alpha value is -6.04. The van der Waals surface area contributed by atoms with Crippen molar-refractivity contribution < 1.29 is 49.1 Å². The molecule has 0 aliphatic carbocycles. The van der Waals surface area contributed by atoms with Gasteiger partial charge in [-0.2, -0.15) is 0 Å². The number of carboxylic acid groups (broad SMARTS) is 2. The van der Waals surface area contributed by atoms with E-state index in [1.165, 1.54) is 36.4 Å². The number of hydrogen-bond donors (Lipinski definition) is 6. The number of alkyl carbamates (subject to hydrolysis) is 2. The first kappa shape index (κ1) is 32.9. The molecule has 0 radical (unpaired) electrons. The Labute approximate surface area is 263 Å². The standard InChI is InChI=1S/C34H32N2O10/c37-29-13-11-23(17-27(31(39)40)35-33(43)45-19-21-7-3-1-4-8-21)15-25(29)26-16-24(12-14-30(26)38)18-28(32(41)42)36-34(44)46-20-22-9-5-2-6-10-22/h1-16,27-28,37-38H,17-20H2,(H,35,43)(H,36,44)(H,39,40)(H,41,42). The maximum atomic E-state index is 12.3. The van der Waals surface area contributed by atoms with Crippen LogP contribution in [0.3, 0.4) is 0 Å². The van der Waals surface area contributed by atoms with E-state index in [0.717, 1.165) is 11.1 Å². The summed E-state index contributed by atoms with van der Waals surface area (Å²) in [7, 11) is 0. The number of benzene rings is 4. The lowest BCUT2D eigenvalue weighted by Crippen LogP contribution is -2.42. The molecule has 2 atom stereocenters. The number of carboxylic acids is 2. The Morgan fingerprint density at radius 2 is 0.913 bits per heavy atom. The van der Waals surface area contributed by atoms with Gasteiger partial charge in [-0.05, 0) is 46.5 Å². The third kappa shape index (κ3) is 9.48. The van der Waals surface area contributed by atoms with E-state index in [4.69, 9.17) is 9.47 Å². The van der Waals surface area contributed by atoms with Gasteiger partial charge >= 0.3 is 24.1 Å². The first-order chi connectivity index (χ1) is 22.1. The van der Waals surface area contributed by atoms with Gasteiger partial charge in [0.25, 0.3) is 0 Å². The van der Waals surface area contributed by atoms with Gasteiger partial charge in [0.1, 0.15) is 36.8 Å². The summed E-state index contributed by atoms with van der Waals surface area (Å²) in [6, 6.07) is 23.5. The number of rotatable bonds is 13. The third-order valence-electron chi connectivity index (χ3n) is 6.90. The molecule has 0 bridgehead atoms. The molecule has 4 aromatic rings. The van der Waals surface area contributed by atoms with E-state index in [9.17, 15) is 39.6 Å². The highest BCUT2D eigenvalue weighted by atomic mass is 16.6.